The minimum Gasteiger partial charge on any atom is -0.371 e. The van der Waals surface area contributed by atoms with Gasteiger partial charge in [0, 0.05) is 24.7 Å². The Bertz CT molecular complexity index is 388. The largest absolute Gasteiger partial charge is 0.371 e. The molecule has 1 saturated heterocycles. The van der Waals surface area contributed by atoms with Crippen LogP contribution in [0.5, 0.6) is 0 Å². The van der Waals surface area contributed by atoms with E-state index in [1.165, 1.54) is 42.7 Å². The van der Waals surface area contributed by atoms with Gasteiger partial charge >= 0.3 is 0 Å². The number of aryl methyl sites for hydroxylation is 1. The average molecular weight is 252 g/mol. The molecule has 0 N–H and O–H groups in total. The maximum Gasteiger partial charge on any atom is 0.0474 e. The van der Waals surface area contributed by atoms with Gasteiger partial charge in [-0.1, -0.05) is 26.0 Å². The Kier molecular flexibility index (Phi) is 3.67. The summed E-state index contributed by atoms with van der Waals surface area (Å²) >= 11 is 5.86. The van der Waals surface area contributed by atoms with E-state index in [1.807, 2.05) is 0 Å². The summed E-state index contributed by atoms with van der Waals surface area (Å²) in [6, 6.07) is 6.59. The molecule has 1 nitrogen and oxygen atoms in total. The maximum absolute atomic E-state index is 5.86. The Morgan fingerprint density at radius 3 is 2.41 bits per heavy atom. The van der Waals surface area contributed by atoms with Gasteiger partial charge in [0.2, 0.25) is 0 Å². The molecule has 0 spiro atoms. The number of anilines is 1. The predicted molar refractivity (Wildman–Crippen MR) is 76.0 cm³/mol. The monoisotopic (exact) mass is 251 g/mol. The predicted octanol–water partition coefficient (Wildman–Crippen LogP) is 4.36. The van der Waals surface area contributed by atoms with Crippen molar-refractivity contribution in [3.05, 3.63) is 29.3 Å². The molecule has 0 amide bonds. The molecular weight excluding hydrogens is 230 g/mol. The van der Waals surface area contributed by atoms with Gasteiger partial charge in [0.1, 0.15) is 0 Å². The molecule has 1 aliphatic rings. The van der Waals surface area contributed by atoms with Gasteiger partial charge in [0.25, 0.3) is 0 Å². The van der Waals surface area contributed by atoms with Crippen molar-refractivity contribution in [3.8, 4) is 0 Å². The number of benzene rings is 1. The summed E-state index contributed by atoms with van der Waals surface area (Å²) in [6.45, 7) is 9.27. The van der Waals surface area contributed by atoms with Gasteiger partial charge in [-0.2, -0.15) is 0 Å². The normalized spacial score (nSPS) is 19.4. The van der Waals surface area contributed by atoms with Crippen LogP contribution in [-0.4, -0.2) is 13.1 Å². The van der Waals surface area contributed by atoms with Crippen LogP contribution in [0.1, 0.15) is 37.8 Å². The third-order valence-corrected chi connectivity index (χ3v) is 4.18. The molecule has 0 aliphatic carbocycles. The molecule has 1 heterocycles. The highest BCUT2D eigenvalue weighted by Crippen LogP contribution is 2.33. The summed E-state index contributed by atoms with van der Waals surface area (Å²) in [6.07, 6.45) is 2.56. The van der Waals surface area contributed by atoms with Crippen molar-refractivity contribution in [2.24, 2.45) is 5.41 Å². The van der Waals surface area contributed by atoms with E-state index in [1.54, 1.807) is 0 Å². The molecule has 2 rings (SSSR count). The molecule has 94 valence electrons. The maximum atomic E-state index is 5.86. The lowest BCUT2D eigenvalue weighted by atomic mass is 9.82. The van der Waals surface area contributed by atoms with Gasteiger partial charge in [-0.25, -0.2) is 0 Å². The number of piperidine rings is 1. The number of alkyl halides is 1. The van der Waals surface area contributed by atoms with Crippen molar-refractivity contribution < 1.29 is 0 Å². The minimum absolute atomic E-state index is 0.514. The second kappa shape index (κ2) is 4.89. The van der Waals surface area contributed by atoms with E-state index in [-0.39, 0.29) is 0 Å². The van der Waals surface area contributed by atoms with E-state index >= 15 is 0 Å². The highest BCUT2D eigenvalue weighted by molar-refractivity contribution is 6.17. The third kappa shape index (κ3) is 2.95. The Hall–Kier alpha value is -0.690. The first kappa shape index (κ1) is 12.8. The first-order chi connectivity index (χ1) is 8.02. The Balaban J connectivity index is 2.13. The van der Waals surface area contributed by atoms with E-state index in [9.17, 15) is 0 Å². The molecule has 2 heteroatoms. The van der Waals surface area contributed by atoms with Crippen LogP contribution in [0.25, 0.3) is 0 Å². The molecule has 0 aromatic heterocycles. The Morgan fingerprint density at radius 2 is 1.88 bits per heavy atom. The van der Waals surface area contributed by atoms with Crippen LogP contribution in [-0.2, 0) is 5.88 Å². The van der Waals surface area contributed by atoms with Crippen LogP contribution in [0.4, 0.5) is 5.69 Å². The van der Waals surface area contributed by atoms with Gasteiger partial charge in [0.05, 0.1) is 0 Å². The topological polar surface area (TPSA) is 3.24 Å². The number of nitrogens with zero attached hydrogens (tertiary/aromatic N) is 1. The lowest BCUT2D eigenvalue weighted by Crippen LogP contribution is -2.37. The van der Waals surface area contributed by atoms with Crippen LogP contribution in [0.3, 0.4) is 0 Å². The fraction of sp³-hybridized carbons (Fsp3) is 0.600. The first-order valence-electron chi connectivity index (χ1n) is 6.42. The quantitative estimate of drug-likeness (QED) is 0.706. The second-order valence-corrected chi connectivity index (χ2v) is 6.17. The summed E-state index contributed by atoms with van der Waals surface area (Å²) in [5.74, 6) is 0.605. The SMILES string of the molecule is Cc1cc(CCl)ccc1N1CCC(C)(C)CC1. The summed E-state index contributed by atoms with van der Waals surface area (Å²) < 4.78 is 0. The van der Waals surface area contributed by atoms with E-state index in [4.69, 9.17) is 11.6 Å². The highest BCUT2D eigenvalue weighted by Gasteiger charge is 2.25. The third-order valence-electron chi connectivity index (χ3n) is 3.87. The average Bonchev–Trinajstić information content (AvgIpc) is 2.29. The van der Waals surface area contributed by atoms with Crippen LogP contribution >= 0.6 is 11.6 Å². The fourth-order valence-corrected chi connectivity index (χ4v) is 2.67. The number of hydrogen-bond acceptors (Lipinski definition) is 1. The van der Waals surface area contributed by atoms with Gasteiger partial charge in [-0.05, 0) is 42.4 Å². The van der Waals surface area contributed by atoms with Crippen molar-refractivity contribution in [1.82, 2.24) is 0 Å². The Labute approximate surface area is 110 Å². The van der Waals surface area contributed by atoms with E-state index in [0.717, 1.165) is 0 Å². The highest BCUT2D eigenvalue weighted by atomic mass is 35.5. The minimum atomic E-state index is 0.514. The van der Waals surface area contributed by atoms with Crippen LogP contribution < -0.4 is 4.90 Å². The van der Waals surface area contributed by atoms with Gasteiger partial charge < -0.3 is 4.90 Å². The van der Waals surface area contributed by atoms with Crippen LogP contribution in [0.15, 0.2) is 18.2 Å². The molecule has 1 aromatic carbocycles. The molecule has 1 aromatic rings. The van der Waals surface area contributed by atoms with Crippen molar-refractivity contribution in [1.29, 1.82) is 0 Å². The van der Waals surface area contributed by atoms with E-state index < -0.39 is 0 Å². The molecule has 0 unspecified atom stereocenters. The Morgan fingerprint density at radius 1 is 1.24 bits per heavy atom. The summed E-state index contributed by atoms with van der Waals surface area (Å²) in [4.78, 5) is 2.51. The number of halogens is 1. The van der Waals surface area contributed by atoms with Crippen molar-refractivity contribution in [2.45, 2.75) is 39.5 Å². The van der Waals surface area contributed by atoms with Crippen molar-refractivity contribution >= 4 is 17.3 Å². The summed E-state index contributed by atoms with van der Waals surface area (Å²) in [5.41, 5.74) is 4.46. The molecule has 1 fully saturated rings. The molecule has 0 radical (unpaired) electrons. The van der Waals surface area contributed by atoms with Crippen molar-refractivity contribution in [2.75, 3.05) is 18.0 Å². The van der Waals surface area contributed by atoms with Gasteiger partial charge in [-0.3, -0.25) is 0 Å². The standard InChI is InChI=1S/C15H22ClN/c1-12-10-13(11-16)4-5-14(12)17-8-6-15(2,3)7-9-17/h4-5,10H,6-9,11H2,1-3H3. The molecule has 0 atom stereocenters. The lowest BCUT2D eigenvalue weighted by molar-refractivity contribution is 0.279. The van der Waals surface area contributed by atoms with Crippen molar-refractivity contribution in [3.63, 3.8) is 0 Å². The smallest absolute Gasteiger partial charge is 0.0474 e. The summed E-state index contributed by atoms with van der Waals surface area (Å²) in [7, 11) is 0. The molecular formula is C15H22ClN. The fourth-order valence-electron chi connectivity index (χ4n) is 2.51. The van der Waals surface area contributed by atoms with Gasteiger partial charge in [-0.15, -0.1) is 11.6 Å². The number of rotatable bonds is 2. The van der Waals surface area contributed by atoms with Crippen LogP contribution in [0, 0.1) is 12.3 Å². The van der Waals surface area contributed by atoms with Gasteiger partial charge in [0.15, 0.2) is 0 Å². The number of hydrogen-bond donors (Lipinski definition) is 0. The summed E-state index contributed by atoms with van der Waals surface area (Å²) in [5, 5.41) is 0. The zero-order valence-corrected chi connectivity index (χ0v) is 11.8. The molecule has 0 saturated carbocycles. The zero-order chi connectivity index (χ0) is 12.5. The first-order valence-corrected chi connectivity index (χ1v) is 6.96. The van der Waals surface area contributed by atoms with E-state index in [0.29, 0.717) is 11.3 Å². The molecule has 0 bridgehead atoms. The lowest BCUT2D eigenvalue weighted by Gasteiger charge is -2.38. The second-order valence-electron chi connectivity index (χ2n) is 5.91. The molecule has 17 heavy (non-hydrogen) atoms. The molecule has 1 aliphatic heterocycles. The van der Waals surface area contributed by atoms with E-state index in [2.05, 4.69) is 43.9 Å². The van der Waals surface area contributed by atoms with Crippen LogP contribution in [0.2, 0.25) is 0 Å². The zero-order valence-electron chi connectivity index (χ0n) is 11.1.